The lowest BCUT2D eigenvalue weighted by Gasteiger charge is -1.99. The highest BCUT2D eigenvalue weighted by Crippen LogP contribution is 2.14. The summed E-state index contributed by atoms with van der Waals surface area (Å²) >= 11 is 2.95. The summed E-state index contributed by atoms with van der Waals surface area (Å²) in [6.45, 7) is 0. The van der Waals surface area contributed by atoms with Crippen LogP contribution in [0.4, 0.5) is 0 Å². The van der Waals surface area contributed by atoms with Gasteiger partial charge >= 0.3 is 0 Å². The molecule has 0 aliphatic rings. The van der Waals surface area contributed by atoms with Gasteiger partial charge in [0, 0.05) is 17.3 Å². The smallest absolute Gasteiger partial charge is 0.250 e. The molecule has 1 aromatic heterocycles. The number of nitrogens with zero attached hydrogens (tertiary/aromatic N) is 3. The lowest BCUT2D eigenvalue weighted by Crippen LogP contribution is -2.19. The maximum atomic E-state index is 11.6. The topological polar surface area (TPSA) is 67.2 Å². The molecule has 1 aromatic carbocycles. The third-order valence-electron chi connectivity index (χ3n) is 2.39. The monoisotopic (exact) mass is 318 g/mol. The number of hydrogen-bond donors (Lipinski definition) is 1. The number of hydrogen-bond acceptors (Lipinski definition) is 6. The zero-order valence-electron chi connectivity index (χ0n) is 11.4. The first-order valence-corrected chi connectivity index (χ1v) is 8.35. The first-order chi connectivity index (χ1) is 10.3. The van der Waals surface area contributed by atoms with E-state index in [9.17, 15) is 4.79 Å². The lowest BCUT2D eigenvalue weighted by molar-refractivity contribution is -0.118. The Kier molecular flexibility index (Phi) is 6.23. The normalized spacial score (nSPS) is 10.7. The first kappa shape index (κ1) is 15.5. The van der Waals surface area contributed by atoms with E-state index in [1.54, 1.807) is 36.4 Å². The third kappa shape index (κ3) is 5.57. The molecule has 2 rings (SSSR count). The molecule has 0 atom stereocenters. The minimum absolute atomic E-state index is 0.190. The van der Waals surface area contributed by atoms with Crippen molar-refractivity contribution in [3.63, 3.8) is 0 Å². The van der Waals surface area contributed by atoms with Crippen molar-refractivity contribution >= 4 is 35.6 Å². The Labute approximate surface area is 131 Å². The highest BCUT2D eigenvalue weighted by Gasteiger charge is 2.02. The van der Waals surface area contributed by atoms with Crippen LogP contribution in [0.15, 0.2) is 57.9 Å². The van der Waals surface area contributed by atoms with E-state index in [1.807, 2.05) is 30.5 Å². The molecule has 0 radical (unpaired) electrons. The molecule has 1 heterocycles. The van der Waals surface area contributed by atoms with Crippen molar-refractivity contribution in [1.82, 2.24) is 15.4 Å². The average molecular weight is 318 g/mol. The summed E-state index contributed by atoms with van der Waals surface area (Å²) in [6.07, 6.45) is 6.93. The maximum absolute atomic E-state index is 11.6. The zero-order valence-corrected chi connectivity index (χ0v) is 13.0. The molecular formula is C14H14N4OS2. The van der Waals surface area contributed by atoms with Gasteiger partial charge in [-0.1, -0.05) is 23.9 Å². The van der Waals surface area contributed by atoms with Crippen LogP contribution in [0.25, 0.3) is 0 Å². The summed E-state index contributed by atoms with van der Waals surface area (Å²) < 4.78 is 0. The van der Waals surface area contributed by atoms with Crippen LogP contribution >= 0.6 is 23.5 Å². The number of aromatic nitrogens is 2. The van der Waals surface area contributed by atoms with Gasteiger partial charge in [-0.25, -0.2) is 15.4 Å². The number of nitrogens with one attached hydrogen (secondary N) is 1. The van der Waals surface area contributed by atoms with Crippen LogP contribution in [0, 0.1) is 0 Å². The van der Waals surface area contributed by atoms with Crippen molar-refractivity contribution in [2.45, 2.75) is 10.1 Å². The quantitative estimate of drug-likeness (QED) is 0.383. The molecule has 21 heavy (non-hydrogen) atoms. The Bertz CT molecular complexity index is 602. The number of hydrazone groups is 1. The molecule has 2 aromatic rings. The number of carbonyl (C=O) groups is 1. The Morgan fingerprint density at radius 1 is 1.29 bits per heavy atom. The number of benzene rings is 1. The summed E-state index contributed by atoms with van der Waals surface area (Å²) in [4.78, 5) is 20.8. The van der Waals surface area contributed by atoms with Crippen LogP contribution in [0.1, 0.15) is 5.56 Å². The number of amides is 1. The molecule has 0 saturated carbocycles. The predicted molar refractivity (Wildman–Crippen MR) is 86.7 cm³/mol. The lowest BCUT2D eigenvalue weighted by atomic mass is 10.2. The molecule has 0 aliphatic carbocycles. The first-order valence-electron chi connectivity index (χ1n) is 6.13. The van der Waals surface area contributed by atoms with E-state index in [1.165, 1.54) is 16.7 Å². The molecule has 0 spiro atoms. The van der Waals surface area contributed by atoms with Crippen molar-refractivity contribution in [2.24, 2.45) is 5.10 Å². The summed E-state index contributed by atoms with van der Waals surface area (Å²) in [6, 6.07) is 9.66. The highest BCUT2D eigenvalue weighted by atomic mass is 32.2. The van der Waals surface area contributed by atoms with Gasteiger partial charge in [0.1, 0.15) is 0 Å². The molecular weight excluding hydrogens is 304 g/mol. The van der Waals surface area contributed by atoms with Gasteiger partial charge in [-0.05, 0) is 30.0 Å². The van der Waals surface area contributed by atoms with Gasteiger partial charge in [-0.15, -0.1) is 11.8 Å². The maximum Gasteiger partial charge on any atom is 0.250 e. The summed E-state index contributed by atoms with van der Waals surface area (Å²) in [5.41, 5.74) is 3.42. The van der Waals surface area contributed by atoms with Gasteiger partial charge in [0.15, 0.2) is 5.16 Å². The van der Waals surface area contributed by atoms with Crippen molar-refractivity contribution < 1.29 is 4.79 Å². The van der Waals surface area contributed by atoms with E-state index in [2.05, 4.69) is 20.5 Å². The molecule has 5 nitrogen and oxygen atoms in total. The second kappa shape index (κ2) is 8.43. The number of thioether (sulfide) groups is 2. The second-order valence-electron chi connectivity index (χ2n) is 3.89. The Balaban J connectivity index is 1.76. The number of carbonyl (C=O) groups excluding carboxylic acids is 1. The van der Waals surface area contributed by atoms with Crippen molar-refractivity contribution in [3.8, 4) is 0 Å². The average Bonchev–Trinajstić information content (AvgIpc) is 2.54. The minimum Gasteiger partial charge on any atom is -0.272 e. The minimum atomic E-state index is -0.190. The Morgan fingerprint density at radius 2 is 2.00 bits per heavy atom. The number of rotatable bonds is 6. The van der Waals surface area contributed by atoms with Crippen molar-refractivity contribution in [2.75, 3.05) is 12.0 Å². The van der Waals surface area contributed by atoms with Crippen molar-refractivity contribution in [3.05, 3.63) is 48.3 Å². The SMILES string of the molecule is CSc1ccc(/C=N/NC(=O)CSc2ncccn2)cc1. The molecule has 0 bridgehead atoms. The van der Waals surface area contributed by atoms with Gasteiger partial charge in [0.2, 0.25) is 0 Å². The van der Waals surface area contributed by atoms with E-state index in [-0.39, 0.29) is 11.7 Å². The molecule has 0 fully saturated rings. The van der Waals surface area contributed by atoms with Gasteiger partial charge in [-0.2, -0.15) is 5.10 Å². The van der Waals surface area contributed by atoms with Gasteiger partial charge in [0.05, 0.1) is 12.0 Å². The van der Waals surface area contributed by atoms with E-state index in [4.69, 9.17) is 0 Å². The summed E-state index contributed by atoms with van der Waals surface area (Å²) in [7, 11) is 0. The van der Waals surface area contributed by atoms with Gasteiger partial charge < -0.3 is 0 Å². The van der Waals surface area contributed by atoms with Crippen molar-refractivity contribution in [1.29, 1.82) is 0 Å². The van der Waals surface area contributed by atoms with Crippen LogP contribution < -0.4 is 5.43 Å². The zero-order chi connectivity index (χ0) is 14.9. The standard InChI is InChI=1S/C14H14N4OS2/c1-20-12-5-3-11(4-6-12)9-17-18-13(19)10-21-14-15-7-2-8-16-14/h2-9H,10H2,1H3,(H,18,19)/b17-9+. The van der Waals surface area contributed by atoms with E-state index in [0.717, 1.165) is 5.56 Å². The highest BCUT2D eigenvalue weighted by molar-refractivity contribution is 7.99. The summed E-state index contributed by atoms with van der Waals surface area (Å²) in [5.74, 6) is 0.0386. The fourth-order valence-corrected chi connectivity index (χ4v) is 2.39. The van der Waals surface area contributed by atoms with E-state index < -0.39 is 0 Å². The largest absolute Gasteiger partial charge is 0.272 e. The van der Waals surface area contributed by atoms with E-state index >= 15 is 0 Å². The van der Waals surface area contributed by atoms with Crippen LogP contribution in [0.3, 0.4) is 0 Å². The van der Waals surface area contributed by atoms with Crippen LogP contribution in [0.5, 0.6) is 0 Å². The molecule has 0 unspecified atom stereocenters. The van der Waals surface area contributed by atoms with Gasteiger partial charge in [-0.3, -0.25) is 4.79 Å². The molecule has 1 N–H and O–H groups in total. The van der Waals surface area contributed by atoms with E-state index in [0.29, 0.717) is 5.16 Å². The summed E-state index contributed by atoms with van der Waals surface area (Å²) in [5, 5.41) is 4.50. The third-order valence-corrected chi connectivity index (χ3v) is 4.01. The van der Waals surface area contributed by atoms with Crippen LogP contribution in [0.2, 0.25) is 0 Å². The molecule has 108 valence electrons. The van der Waals surface area contributed by atoms with Gasteiger partial charge in [0.25, 0.3) is 5.91 Å². The molecule has 0 aliphatic heterocycles. The molecule has 0 saturated heterocycles. The molecule has 1 amide bonds. The predicted octanol–water partition coefficient (Wildman–Crippen LogP) is 2.44. The fraction of sp³-hybridized carbons (Fsp3) is 0.143. The Hall–Kier alpha value is -1.86. The Morgan fingerprint density at radius 3 is 2.67 bits per heavy atom. The van der Waals surface area contributed by atoms with Crippen LogP contribution in [-0.2, 0) is 4.79 Å². The second-order valence-corrected chi connectivity index (χ2v) is 5.71. The fourth-order valence-electron chi connectivity index (χ4n) is 1.39. The molecule has 7 heteroatoms. The van der Waals surface area contributed by atoms with Crippen LogP contribution in [-0.4, -0.2) is 34.1 Å².